The van der Waals surface area contributed by atoms with Crippen molar-refractivity contribution in [3.05, 3.63) is 33.4 Å². The zero-order valence-corrected chi connectivity index (χ0v) is 13.9. The second-order valence-electron chi connectivity index (χ2n) is 4.97. The predicted octanol–water partition coefficient (Wildman–Crippen LogP) is 3.00. The number of carbonyl (C=O) groups is 1. The zero-order valence-electron chi connectivity index (χ0n) is 11.8. The van der Waals surface area contributed by atoms with E-state index in [9.17, 15) is 4.79 Å². The second-order valence-corrected chi connectivity index (χ2v) is 6.21. The molecule has 0 bridgehead atoms. The van der Waals surface area contributed by atoms with E-state index in [1.54, 1.807) is 4.90 Å². The van der Waals surface area contributed by atoms with Crippen LogP contribution in [0.5, 0.6) is 0 Å². The van der Waals surface area contributed by atoms with E-state index in [1.165, 1.54) is 9.13 Å². The fourth-order valence-electron chi connectivity index (χ4n) is 2.35. The Hall–Kier alpha value is -0.820. The number of likely N-dealkylation sites (tertiary alicyclic amines) is 1. The fraction of sp³-hybridized carbons (Fsp3) is 0.533. The molecule has 1 aromatic carbocycles. The molecule has 1 amide bonds. The van der Waals surface area contributed by atoms with E-state index >= 15 is 0 Å². The summed E-state index contributed by atoms with van der Waals surface area (Å²) in [5.41, 5.74) is 1.30. The van der Waals surface area contributed by atoms with Crippen LogP contribution in [0.15, 0.2) is 24.3 Å². The van der Waals surface area contributed by atoms with Gasteiger partial charge in [0, 0.05) is 29.2 Å². The first-order chi connectivity index (χ1) is 9.69. The fourth-order valence-corrected chi connectivity index (χ4v) is 2.70. The van der Waals surface area contributed by atoms with Crippen LogP contribution in [-0.2, 0) is 11.3 Å². The van der Waals surface area contributed by atoms with Crippen molar-refractivity contribution in [3.63, 3.8) is 0 Å². The Morgan fingerprint density at radius 2 is 2.00 bits per heavy atom. The molecule has 0 unspecified atom stereocenters. The molecule has 1 aromatic rings. The molecule has 0 atom stereocenters. The van der Waals surface area contributed by atoms with Crippen molar-refractivity contribution in [2.75, 3.05) is 19.7 Å². The largest absolute Gasteiger partial charge is 0.450 e. The van der Waals surface area contributed by atoms with Gasteiger partial charge in [0.15, 0.2) is 0 Å². The van der Waals surface area contributed by atoms with Crippen molar-refractivity contribution in [2.45, 2.75) is 32.4 Å². The van der Waals surface area contributed by atoms with Crippen molar-refractivity contribution in [3.8, 4) is 0 Å². The van der Waals surface area contributed by atoms with Crippen LogP contribution in [0, 0.1) is 3.57 Å². The number of nitrogens with zero attached hydrogens (tertiary/aromatic N) is 1. The normalized spacial score (nSPS) is 16.2. The highest BCUT2D eigenvalue weighted by molar-refractivity contribution is 14.1. The van der Waals surface area contributed by atoms with Gasteiger partial charge in [-0.3, -0.25) is 0 Å². The molecule has 110 valence electrons. The van der Waals surface area contributed by atoms with Gasteiger partial charge in [0.1, 0.15) is 0 Å². The van der Waals surface area contributed by atoms with Crippen molar-refractivity contribution in [2.24, 2.45) is 0 Å². The summed E-state index contributed by atoms with van der Waals surface area (Å²) in [6.45, 7) is 4.74. The molecular formula is C15H21IN2O2. The number of piperidine rings is 1. The molecule has 2 rings (SSSR count). The van der Waals surface area contributed by atoms with Gasteiger partial charge in [-0.05, 0) is 60.1 Å². The third kappa shape index (κ3) is 4.63. The second kappa shape index (κ2) is 7.83. The summed E-state index contributed by atoms with van der Waals surface area (Å²) >= 11 is 2.31. The Kier molecular flexibility index (Phi) is 6.09. The molecule has 0 aliphatic carbocycles. The van der Waals surface area contributed by atoms with Gasteiger partial charge in [-0.2, -0.15) is 0 Å². The lowest BCUT2D eigenvalue weighted by atomic mass is 10.0. The topological polar surface area (TPSA) is 41.6 Å². The summed E-state index contributed by atoms with van der Waals surface area (Å²) in [6, 6.07) is 9.05. The molecule has 0 spiro atoms. The maximum Gasteiger partial charge on any atom is 0.409 e. The van der Waals surface area contributed by atoms with Crippen LogP contribution in [0.2, 0.25) is 0 Å². The molecule has 4 nitrogen and oxygen atoms in total. The minimum Gasteiger partial charge on any atom is -0.450 e. The number of ether oxygens (including phenoxy) is 1. The van der Waals surface area contributed by atoms with Crippen molar-refractivity contribution in [1.29, 1.82) is 0 Å². The molecule has 1 heterocycles. The summed E-state index contributed by atoms with van der Waals surface area (Å²) in [5.74, 6) is 0. The molecule has 0 aromatic heterocycles. The predicted molar refractivity (Wildman–Crippen MR) is 87.6 cm³/mol. The number of benzene rings is 1. The van der Waals surface area contributed by atoms with Crippen LogP contribution in [0.1, 0.15) is 25.3 Å². The van der Waals surface area contributed by atoms with E-state index < -0.39 is 0 Å². The van der Waals surface area contributed by atoms with Gasteiger partial charge >= 0.3 is 6.09 Å². The maximum atomic E-state index is 11.6. The van der Waals surface area contributed by atoms with E-state index in [0.717, 1.165) is 32.5 Å². The Bertz CT molecular complexity index is 428. The van der Waals surface area contributed by atoms with E-state index in [0.29, 0.717) is 12.6 Å². The molecule has 1 N–H and O–H groups in total. The number of carbonyl (C=O) groups excluding carboxylic acids is 1. The Morgan fingerprint density at radius 3 is 2.60 bits per heavy atom. The summed E-state index contributed by atoms with van der Waals surface area (Å²) in [7, 11) is 0. The third-order valence-corrected chi connectivity index (χ3v) is 4.25. The highest BCUT2D eigenvalue weighted by atomic mass is 127. The van der Waals surface area contributed by atoms with Crippen LogP contribution in [0.4, 0.5) is 4.79 Å². The van der Waals surface area contributed by atoms with Crippen LogP contribution in [0.25, 0.3) is 0 Å². The molecule has 1 aliphatic heterocycles. The maximum absolute atomic E-state index is 11.6. The average Bonchev–Trinajstić information content (AvgIpc) is 2.47. The van der Waals surface area contributed by atoms with E-state index in [4.69, 9.17) is 4.74 Å². The number of amides is 1. The highest BCUT2D eigenvalue weighted by Gasteiger charge is 2.22. The number of rotatable bonds is 4. The molecule has 0 saturated carbocycles. The van der Waals surface area contributed by atoms with Gasteiger partial charge in [0.05, 0.1) is 6.61 Å². The van der Waals surface area contributed by atoms with E-state index in [2.05, 4.69) is 52.2 Å². The Morgan fingerprint density at radius 1 is 1.35 bits per heavy atom. The van der Waals surface area contributed by atoms with Gasteiger partial charge in [-0.25, -0.2) is 4.79 Å². The molecule has 1 saturated heterocycles. The number of hydrogen-bond donors (Lipinski definition) is 1. The average molecular weight is 388 g/mol. The Balaban J connectivity index is 1.72. The summed E-state index contributed by atoms with van der Waals surface area (Å²) < 4.78 is 6.28. The first-order valence-corrected chi connectivity index (χ1v) is 8.16. The van der Waals surface area contributed by atoms with Gasteiger partial charge in [0.25, 0.3) is 0 Å². The van der Waals surface area contributed by atoms with E-state index in [-0.39, 0.29) is 6.09 Å². The van der Waals surface area contributed by atoms with Crippen LogP contribution < -0.4 is 5.32 Å². The monoisotopic (exact) mass is 388 g/mol. The van der Waals surface area contributed by atoms with Crippen molar-refractivity contribution < 1.29 is 9.53 Å². The molecule has 20 heavy (non-hydrogen) atoms. The molecule has 5 heteroatoms. The lowest BCUT2D eigenvalue weighted by molar-refractivity contribution is 0.0950. The number of nitrogens with one attached hydrogen (secondary N) is 1. The zero-order chi connectivity index (χ0) is 14.4. The van der Waals surface area contributed by atoms with Crippen LogP contribution in [0.3, 0.4) is 0 Å². The summed E-state index contributed by atoms with van der Waals surface area (Å²) in [6.07, 6.45) is 1.80. The van der Waals surface area contributed by atoms with Gasteiger partial charge in [0.2, 0.25) is 0 Å². The lowest BCUT2D eigenvalue weighted by Crippen LogP contribution is -2.44. The summed E-state index contributed by atoms with van der Waals surface area (Å²) in [5, 5.41) is 3.57. The lowest BCUT2D eigenvalue weighted by Gasteiger charge is -2.31. The molecule has 1 aliphatic rings. The third-order valence-electron chi connectivity index (χ3n) is 3.53. The van der Waals surface area contributed by atoms with Crippen molar-refractivity contribution >= 4 is 28.7 Å². The molecule has 1 fully saturated rings. The van der Waals surface area contributed by atoms with E-state index in [1.807, 2.05) is 6.92 Å². The van der Waals surface area contributed by atoms with Crippen molar-refractivity contribution in [1.82, 2.24) is 10.2 Å². The minimum absolute atomic E-state index is 0.177. The van der Waals surface area contributed by atoms with Gasteiger partial charge < -0.3 is 15.0 Å². The van der Waals surface area contributed by atoms with Crippen LogP contribution >= 0.6 is 22.6 Å². The first kappa shape index (κ1) is 15.6. The first-order valence-electron chi connectivity index (χ1n) is 7.08. The Labute approximate surface area is 134 Å². The number of halogens is 1. The smallest absolute Gasteiger partial charge is 0.409 e. The minimum atomic E-state index is -0.177. The standard InChI is InChI=1S/C15H21IN2O2/c1-2-20-15(19)18-9-7-14(8-10-18)17-11-12-3-5-13(16)6-4-12/h3-6,14,17H,2,7-11H2,1H3. The van der Waals surface area contributed by atoms with Gasteiger partial charge in [-0.15, -0.1) is 0 Å². The van der Waals surface area contributed by atoms with Crippen LogP contribution in [-0.4, -0.2) is 36.7 Å². The number of hydrogen-bond acceptors (Lipinski definition) is 3. The molecule has 0 radical (unpaired) electrons. The quantitative estimate of drug-likeness (QED) is 0.807. The highest BCUT2D eigenvalue weighted by Crippen LogP contribution is 2.13. The molecular weight excluding hydrogens is 367 g/mol. The summed E-state index contributed by atoms with van der Waals surface area (Å²) in [4.78, 5) is 13.4. The van der Waals surface area contributed by atoms with Gasteiger partial charge in [-0.1, -0.05) is 12.1 Å². The SMILES string of the molecule is CCOC(=O)N1CCC(NCc2ccc(I)cc2)CC1.